The van der Waals surface area contributed by atoms with Crippen molar-refractivity contribution in [2.45, 2.75) is 207 Å². The van der Waals surface area contributed by atoms with Crippen LogP contribution in [0, 0.1) is 47.3 Å². The first kappa shape index (κ1) is 46.4. The van der Waals surface area contributed by atoms with Gasteiger partial charge in [-0.15, -0.1) is 0 Å². The molecule has 0 bridgehead atoms. The van der Waals surface area contributed by atoms with Crippen LogP contribution in [-0.4, -0.2) is 11.9 Å². The molecule has 0 unspecified atom stereocenters. The lowest BCUT2D eigenvalue weighted by atomic mass is 9.69. The molecule has 0 radical (unpaired) electrons. The van der Waals surface area contributed by atoms with Crippen LogP contribution in [0.5, 0.6) is 11.5 Å². The van der Waals surface area contributed by atoms with Crippen molar-refractivity contribution < 1.29 is 19.1 Å². The van der Waals surface area contributed by atoms with E-state index in [4.69, 9.17) is 9.47 Å². The first-order chi connectivity index (χ1) is 28.4. The largest absolute Gasteiger partial charge is 0.426 e. The van der Waals surface area contributed by atoms with Crippen molar-refractivity contribution in [2.24, 2.45) is 47.3 Å². The Bertz CT molecular complexity index is 1290. The number of esters is 2. The van der Waals surface area contributed by atoms with Gasteiger partial charge in [0.05, 0.1) is 11.8 Å². The van der Waals surface area contributed by atoms with E-state index in [1.165, 1.54) is 152 Å². The molecule has 0 amide bonds. The number of unbranched alkanes of at least 4 members (excludes halogenated alkanes) is 4. The lowest BCUT2D eigenvalue weighted by molar-refractivity contribution is -0.141. The monoisotopic (exact) mass is 797 g/mol. The summed E-state index contributed by atoms with van der Waals surface area (Å²) < 4.78 is 11.4. The van der Waals surface area contributed by atoms with Crippen LogP contribution in [0.25, 0.3) is 0 Å². The Morgan fingerprint density at radius 3 is 1.02 bits per heavy atom. The second kappa shape index (κ2) is 25.9. The lowest BCUT2D eigenvalue weighted by Gasteiger charge is -2.37. The summed E-state index contributed by atoms with van der Waals surface area (Å²) in [5.74, 6) is 7.13. The van der Waals surface area contributed by atoms with E-state index >= 15 is 0 Å². The number of hydrogen-bond donors (Lipinski definition) is 0. The number of rotatable bonds is 18. The molecule has 0 atom stereocenters. The van der Waals surface area contributed by atoms with Gasteiger partial charge in [0.1, 0.15) is 11.5 Å². The third kappa shape index (κ3) is 15.4. The summed E-state index contributed by atoms with van der Waals surface area (Å²) in [5.41, 5.74) is 2.68. The summed E-state index contributed by atoms with van der Waals surface area (Å²) in [6.07, 6.45) is 35.7. The first-order valence-corrected chi connectivity index (χ1v) is 25.0. The molecule has 4 aliphatic carbocycles. The van der Waals surface area contributed by atoms with E-state index in [1.807, 2.05) is 24.3 Å². The van der Waals surface area contributed by atoms with E-state index in [0.29, 0.717) is 11.5 Å². The van der Waals surface area contributed by atoms with E-state index < -0.39 is 0 Å². The Hall–Kier alpha value is -2.62. The van der Waals surface area contributed by atoms with Crippen LogP contribution >= 0.6 is 0 Å². The van der Waals surface area contributed by atoms with E-state index in [2.05, 4.69) is 52.0 Å². The van der Waals surface area contributed by atoms with Gasteiger partial charge in [-0.1, -0.05) is 129 Å². The highest BCUT2D eigenvalue weighted by molar-refractivity contribution is 5.75. The fourth-order valence-corrected chi connectivity index (χ4v) is 11.4. The topological polar surface area (TPSA) is 52.6 Å². The maximum atomic E-state index is 12.6. The molecule has 0 aliphatic heterocycles. The van der Waals surface area contributed by atoms with Crippen LogP contribution in [0.2, 0.25) is 0 Å². The summed E-state index contributed by atoms with van der Waals surface area (Å²) >= 11 is 0. The van der Waals surface area contributed by atoms with Crippen molar-refractivity contribution >= 4 is 11.9 Å². The van der Waals surface area contributed by atoms with Crippen molar-refractivity contribution in [1.29, 1.82) is 0 Å². The zero-order valence-electron chi connectivity index (χ0n) is 37.7. The minimum atomic E-state index is -0.00571. The minimum Gasteiger partial charge on any atom is -0.426 e. The molecule has 4 fully saturated rings. The molecule has 6 rings (SSSR count). The highest BCUT2D eigenvalue weighted by atomic mass is 16.5. The van der Waals surface area contributed by atoms with Crippen LogP contribution in [0.1, 0.15) is 206 Å². The lowest BCUT2D eigenvalue weighted by Crippen LogP contribution is -2.30. The standard InChI is InChI=1S/2C27H42O2/c2*1-3-5-6-8-22-11-19-26(20-12-22)29-27(28)25-17-15-24(16-18-25)23-13-9-21(7-4-2)10-14-23/h2*11-12,19-21,23-25H,3-10,13-18H2,1-2H3. The van der Waals surface area contributed by atoms with E-state index in [9.17, 15) is 9.59 Å². The molecule has 2 aromatic carbocycles. The van der Waals surface area contributed by atoms with E-state index in [0.717, 1.165) is 74.0 Å². The smallest absolute Gasteiger partial charge is 0.314 e. The van der Waals surface area contributed by atoms with Gasteiger partial charge >= 0.3 is 11.9 Å². The van der Waals surface area contributed by atoms with Gasteiger partial charge in [0.15, 0.2) is 0 Å². The summed E-state index contributed by atoms with van der Waals surface area (Å²) in [6.45, 7) is 9.09. The van der Waals surface area contributed by atoms with Crippen molar-refractivity contribution in [1.82, 2.24) is 0 Å². The van der Waals surface area contributed by atoms with Crippen LogP contribution in [-0.2, 0) is 22.4 Å². The number of carbonyl (C=O) groups excluding carboxylic acids is 2. The normalized spacial score (nSPS) is 27.5. The molecular weight excluding hydrogens is 713 g/mol. The Labute approximate surface area is 355 Å². The molecule has 324 valence electrons. The number of benzene rings is 2. The molecule has 0 spiro atoms. The van der Waals surface area contributed by atoms with Gasteiger partial charge in [0, 0.05) is 0 Å². The average molecular weight is 797 g/mol. The van der Waals surface area contributed by atoms with Gasteiger partial charge in [-0.3, -0.25) is 9.59 Å². The average Bonchev–Trinajstić information content (AvgIpc) is 3.26. The predicted molar refractivity (Wildman–Crippen MR) is 242 cm³/mol. The van der Waals surface area contributed by atoms with Crippen molar-refractivity contribution in [3.63, 3.8) is 0 Å². The second-order valence-electron chi connectivity index (χ2n) is 19.4. The first-order valence-electron chi connectivity index (χ1n) is 25.0. The van der Waals surface area contributed by atoms with Crippen molar-refractivity contribution in [2.75, 3.05) is 0 Å². The molecule has 0 heterocycles. The van der Waals surface area contributed by atoms with E-state index in [-0.39, 0.29) is 23.8 Å². The predicted octanol–water partition coefficient (Wildman–Crippen LogP) is 15.5. The third-order valence-electron chi connectivity index (χ3n) is 15.1. The summed E-state index contributed by atoms with van der Waals surface area (Å²) in [7, 11) is 0. The summed E-state index contributed by atoms with van der Waals surface area (Å²) in [6, 6.07) is 16.3. The Balaban J connectivity index is 0.000000221. The SMILES string of the molecule is CCCCCc1ccc(OC(=O)C2CCC(C3CCC(CCC)CC3)CC2)cc1.CCCCCc1ccc(OC(=O)C2CCC(C3CCC(CCC)CC3)CC2)cc1. The van der Waals surface area contributed by atoms with Crippen molar-refractivity contribution in [3.05, 3.63) is 59.7 Å². The number of hydrogen-bond acceptors (Lipinski definition) is 4. The Morgan fingerprint density at radius 1 is 0.414 bits per heavy atom. The maximum Gasteiger partial charge on any atom is 0.314 e. The van der Waals surface area contributed by atoms with Gasteiger partial charge in [0.25, 0.3) is 0 Å². The highest BCUT2D eigenvalue weighted by Crippen LogP contribution is 2.44. The minimum absolute atomic E-state index is 0.00571. The fraction of sp³-hybridized carbons (Fsp3) is 0.741. The molecule has 4 saturated carbocycles. The fourth-order valence-electron chi connectivity index (χ4n) is 11.4. The Kier molecular flexibility index (Phi) is 20.7. The van der Waals surface area contributed by atoms with Crippen LogP contribution < -0.4 is 9.47 Å². The van der Waals surface area contributed by atoms with Crippen LogP contribution in [0.15, 0.2) is 48.5 Å². The van der Waals surface area contributed by atoms with Crippen molar-refractivity contribution in [3.8, 4) is 11.5 Å². The number of aryl methyl sites for hydroxylation is 2. The molecule has 0 aromatic heterocycles. The number of ether oxygens (including phenoxy) is 2. The molecule has 4 heteroatoms. The molecule has 2 aromatic rings. The van der Waals surface area contributed by atoms with Gasteiger partial charge in [-0.05, 0) is 174 Å². The van der Waals surface area contributed by atoms with Gasteiger partial charge in [-0.2, -0.15) is 0 Å². The molecular formula is C54H84O4. The van der Waals surface area contributed by atoms with Gasteiger partial charge < -0.3 is 9.47 Å². The zero-order chi connectivity index (χ0) is 41.0. The van der Waals surface area contributed by atoms with Gasteiger partial charge in [-0.25, -0.2) is 0 Å². The zero-order valence-corrected chi connectivity index (χ0v) is 37.7. The molecule has 4 nitrogen and oxygen atoms in total. The summed E-state index contributed by atoms with van der Waals surface area (Å²) in [5, 5.41) is 0. The number of carbonyl (C=O) groups is 2. The maximum absolute atomic E-state index is 12.6. The quantitative estimate of drug-likeness (QED) is 0.0856. The van der Waals surface area contributed by atoms with E-state index in [1.54, 1.807) is 0 Å². The molecule has 58 heavy (non-hydrogen) atoms. The molecule has 4 aliphatic rings. The molecule has 0 saturated heterocycles. The van der Waals surface area contributed by atoms with Crippen LogP contribution in [0.3, 0.4) is 0 Å². The van der Waals surface area contributed by atoms with Gasteiger partial charge in [0.2, 0.25) is 0 Å². The second-order valence-corrected chi connectivity index (χ2v) is 19.4. The Morgan fingerprint density at radius 2 is 0.724 bits per heavy atom. The summed E-state index contributed by atoms with van der Waals surface area (Å²) in [4.78, 5) is 25.3. The highest BCUT2D eigenvalue weighted by Gasteiger charge is 2.35. The third-order valence-corrected chi connectivity index (χ3v) is 15.1. The molecule has 0 N–H and O–H groups in total. The van der Waals surface area contributed by atoms with Crippen LogP contribution in [0.4, 0.5) is 0 Å².